The molecule has 0 bridgehead atoms. The van der Waals surface area contributed by atoms with Crippen molar-refractivity contribution < 1.29 is 14.3 Å². The smallest absolute Gasteiger partial charge is 0.311 e. The number of ether oxygens (including phenoxy) is 2. The summed E-state index contributed by atoms with van der Waals surface area (Å²) in [4.78, 5) is 16.7. The average Bonchev–Trinajstić information content (AvgIpc) is 3.46. The van der Waals surface area contributed by atoms with Crippen molar-refractivity contribution in [2.24, 2.45) is 5.92 Å². The van der Waals surface area contributed by atoms with Crippen molar-refractivity contribution in [1.29, 1.82) is 0 Å². The predicted molar refractivity (Wildman–Crippen MR) is 143 cm³/mol. The van der Waals surface area contributed by atoms with Crippen molar-refractivity contribution >= 4 is 35.7 Å². The second kappa shape index (κ2) is 11.3. The number of fused-ring (bicyclic) bond motifs is 2. The Kier molecular flexibility index (Phi) is 8.58. The zero-order valence-corrected chi connectivity index (χ0v) is 22.5. The molecule has 3 heterocycles. The van der Waals surface area contributed by atoms with Gasteiger partial charge >= 0.3 is 5.97 Å². The molecule has 0 unspecified atom stereocenters. The third-order valence-electron chi connectivity index (χ3n) is 7.51. The fourth-order valence-corrected chi connectivity index (χ4v) is 6.88. The van der Waals surface area contributed by atoms with E-state index in [1.54, 1.807) is 0 Å². The van der Waals surface area contributed by atoms with Gasteiger partial charge in [0.25, 0.3) is 0 Å². The normalized spacial score (nSPS) is 21.4. The van der Waals surface area contributed by atoms with Gasteiger partial charge in [-0.1, -0.05) is 25.7 Å². The first-order valence-electron chi connectivity index (χ1n) is 13.2. The van der Waals surface area contributed by atoms with Gasteiger partial charge in [0.2, 0.25) is 0 Å². The zero-order valence-electron chi connectivity index (χ0n) is 20.8. The van der Waals surface area contributed by atoms with Gasteiger partial charge < -0.3 is 14.4 Å². The highest BCUT2D eigenvalue weighted by Crippen LogP contribution is 2.54. The molecule has 1 aromatic carbocycles. The van der Waals surface area contributed by atoms with E-state index in [1.165, 1.54) is 74.1 Å². The standard InChI is InChI=1S/C28H39NO3S.ClH/c1-28(2)27-22(13-17-33-27)26-23(31-25(30)10-7-16-29-14-4-3-5-15-29)18-21(19-24(26)32-28)9-6-8-20-11-12-20;/h18-20H,3-17H2,1-2H3;1H. The number of hydrogen-bond acceptors (Lipinski definition) is 5. The van der Waals surface area contributed by atoms with Crippen molar-refractivity contribution in [3.8, 4) is 11.5 Å². The molecule has 1 saturated heterocycles. The van der Waals surface area contributed by atoms with Crippen LogP contribution in [0.4, 0.5) is 0 Å². The van der Waals surface area contributed by atoms with E-state index in [2.05, 4.69) is 30.9 Å². The van der Waals surface area contributed by atoms with Crippen LogP contribution in [-0.4, -0.2) is 41.9 Å². The van der Waals surface area contributed by atoms with Crippen LogP contribution < -0.4 is 9.47 Å². The highest BCUT2D eigenvalue weighted by molar-refractivity contribution is 8.03. The van der Waals surface area contributed by atoms with Gasteiger partial charge in [-0.15, -0.1) is 24.2 Å². The maximum absolute atomic E-state index is 12.9. The summed E-state index contributed by atoms with van der Waals surface area (Å²) in [6.45, 7) is 7.67. The monoisotopic (exact) mass is 505 g/mol. The Labute approximate surface area is 215 Å². The second-order valence-corrected chi connectivity index (χ2v) is 11.9. The summed E-state index contributed by atoms with van der Waals surface area (Å²) in [7, 11) is 0. The number of aryl methyl sites for hydroxylation is 1. The SMILES string of the molecule is CC1(C)Oc2cc(CCCC3CC3)cc(OC(=O)CCCN3CCCCC3)c2C2=C1SCC2.Cl. The summed E-state index contributed by atoms with van der Waals surface area (Å²) in [6, 6.07) is 4.34. The molecule has 1 saturated carbocycles. The molecule has 4 nitrogen and oxygen atoms in total. The number of halogens is 1. The number of carbonyl (C=O) groups is 1. The van der Waals surface area contributed by atoms with E-state index in [4.69, 9.17) is 9.47 Å². The van der Waals surface area contributed by atoms with Gasteiger partial charge in [0, 0.05) is 17.1 Å². The number of esters is 1. The van der Waals surface area contributed by atoms with Crippen molar-refractivity contribution in [2.75, 3.05) is 25.4 Å². The Bertz CT molecular complexity index is 918. The number of carbonyl (C=O) groups excluding carboxylic acids is 1. The molecular formula is C28H40ClNO3S. The molecule has 0 radical (unpaired) electrons. The molecule has 0 amide bonds. The van der Waals surface area contributed by atoms with Crippen LogP contribution in [0.2, 0.25) is 0 Å². The molecule has 1 aliphatic carbocycles. The Morgan fingerprint density at radius 3 is 2.74 bits per heavy atom. The fourth-order valence-electron chi connectivity index (χ4n) is 5.60. The Morgan fingerprint density at radius 1 is 1.18 bits per heavy atom. The maximum Gasteiger partial charge on any atom is 0.311 e. The third-order valence-corrected chi connectivity index (χ3v) is 8.95. The fraction of sp³-hybridized carbons (Fsp3) is 0.679. The first kappa shape index (κ1) is 25.9. The number of nitrogens with zero attached hydrogens (tertiary/aromatic N) is 1. The van der Waals surface area contributed by atoms with Crippen LogP contribution in [0.5, 0.6) is 11.5 Å². The molecule has 6 heteroatoms. The molecule has 34 heavy (non-hydrogen) atoms. The van der Waals surface area contributed by atoms with E-state index in [1.807, 2.05) is 11.8 Å². The molecule has 188 valence electrons. The lowest BCUT2D eigenvalue weighted by Crippen LogP contribution is -2.33. The Hall–Kier alpha value is -1.17. The second-order valence-electron chi connectivity index (χ2n) is 10.8. The lowest BCUT2D eigenvalue weighted by molar-refractivity contribution is -0.134. The van der Waals surface area contributed by atoms with Crippen LogP contribution in [0.1, 0.15) is 89.2 Å². The molecule has 2 fully saturated rings. The Morgan fingerprint density at radius 2 is 1.97 bits per heavy atom. The van der Waals surface area contributed by atoms with Crippen LogP contribution in [-0.2, 0) is 11.2 Å². The topological polar surface area (TPSA) is 38.8 Å². The average molecular weight is 506 g/mol. The van der Waals surface area contributed by atoms with Gasteiger partial charge in [0.1, 0.15) is 17.1 Å². The van der Waals surface area contributed by atoms with Gasteiger partial charge in [-0.05, 0) is 101 Å². The summed E-state index contributed by atoms with van der Waals surface area (Å²) in [5.41, 5.74) is 3.28. The van der Waals surface area contributed by atoms with E-state index in [-0.39, 0.29) is 24.0 Å². The Balaban J connectivity index is 0.00000274. The lowest BCUT2D eigenvalue weighted by atomic mass is 9.90. The summed E-state index contributed by atoms with van der Waals surface area (Å²) >= 11 is 1.89. The summed E-state index contributed by atoms with van der Waals surface area (Å²) in [6.07, 6.45) is 12.6. The predicted octanol–water partition coefficient (Wildman–Crippen LogP) is 7.03. The van der Waals surface area contributed by atoms with Crippen LogP contribution in [0.25, 0.3) is 5.57 Å². The van der Waals surface area contributed by atoms with Crippen LogP contribution >= 0.6 is 24.2 Å². The highest BCUT2D eigenvalue weighted by Gasteiger charge is 2.39. The summed E-state index contributed by atoms with van der Waals surface area (Å²) in [5.74, 6) is 3.53. The molecule has 0 atom stereocenters. The third kappa shape index (κ3) is 6.14. The number of allylic oxidation sites excluding steroid dienone is 1. The number of rotatable bonds is 9. The molecule has 3 aliphatic heterocycles. The van der Waals surface area contributed by atoms with Crippen molar-refractivity contribution in [2.45, 2.75) is 90.1 Å². The van der Waals surface area contributed by atoms with Crippen molar-refractivity contribution in [3.05, 3.63) is 28.2 Å². The van der Waals surface area contributed by atoms with E-state index >= 15 is 0 Å². The van der Waals surface area contributed by atoms with E-state index < -0.39 is 0 Å². The van der Waals surface area contributed by atoms with Crippen molar-refractivity contribution in [3.63, 3.8) is 0 Å². The number of piperidine rings is 1. The minimum atomic E-state index is -0.314. The molecule has 1 aromatic rings. The highest BCUT2D eigenvalue weighted by atomic mass is 35.5. The van der Waals surface area contributed by atoms with Gasteiger partial charge in [0.05, 0.1) is 5.56 Å². The molecule has 0 N–H and O–H groups in total. The largest absolute Gasteiger partial charge is 0.482 e. The molecule has 4 aliphatic rings. The lowest BCUT2D eigenvalue weighted by Gasteiger charge is -2.35. The van der Waals surface area contributed by atoms with Crippen molar-refractivity contribution in [1.82, 2.24) is 4.90 Å². The summed E-state index contributed by atoms with van der Waals surface area (Å²) < 4.78 is 12.6. The van der Waals surface area contributed by atoms with Crippen LogP contribution in [0.3, 0.4) is 0 Å². The number of likely N-dealkylation sites (tertiary alicyclic amines) is 1. The quantitative estimate of drug-likeness (QED) is 0.266. The van der Waals surface area contributed by atoms with E-state index in [0.717, 1.165) is 54.5 Å². The molecular weight excluding hydrogens is 466 g/mol. The van der Waals surface area contributed by atoms with Gasteiger partial charge in [-0.2, -0.15) is 0 Å². The van der Waals surface area contributed by atoms with Crippen LogP contribution in [0.15, 0.2) is 17.0 Å². The first-order chi connectivity index (χ1) is 16.0. The number of hydrogen-bond donors (Lipinski definition) is 0. The van der Waals surface area contributed by atoms with E-state index in [9.17, 15) is 4.79 Å². The first-order valence-corrected chi connectivity index (χ1v) is 14.1. The molecule has 0 spiro atoms. The van der Waals surface area contributed by atoms with Gasteiger partial charge in [0.15, 0.2) is 0 Å². The maximum atomic E-state index is 12.9. The number of thioether (sulfide) groups is 1. The summed E-state index contributed by atoms with van der Waals surface area (Å²) in [5, 5.41) is 0. The minimum absolute atomic E-state index is 0. The zero-order chi connectivity index (χ0) is 22.8. The number of benzene rings is 1. The molecule has 5 rings (SSSR count). The van der Waals surface area contributed by atoms with Gasteiger partial charge in [-0.3, -0.25) is 4.79 Å². The van der Waals surface area contributed by atoms with Crippen LogP contribution in [0, 0.1) is 5.92 Å². The van der Waals surface area contributed by atoms with Gasteiger partial charge in [-0.25, -0.2) is 0 Å². The van der Waals surface area contributed by atoms with E-state index in [0.29, 0.717) is 6.42 Å². The molecule has 0 aromatic heterocycles. The minimum Gasteiger partial charge on any atom is -0.482 e.